The predicted molar refractivity (Wildman–Crippen MR) is 304 cm³/mol. The molecule has 0 radical (unpaired) electrons. The summed E-state index contributed by atoms with van der Waals surface area (Å²) in [6.07, 6.45) is 5.01. The van der Waals surface area contributed by atoms with Crippen LogP contribution in [0.4, 0.5) is 11.4 Å². The fourth-order valence-electron chi connectivity index (χ4n) is 4.95. The van der Waals surface area contributed by atoms with Gasteiger partial charge in [0, 0.05) is 110 Å². The van der Waals surface area contributed by atoms with E-state index >= 15 is 0 Å². The van der Waals surface area contributed by atoms with Crippen LogP contribution in [0.25, 0.3) is 0 Å². The minimum Gasteiger partial charge on any atom is -0.430 e. The van der Waals surface area contributed by atoms with Crippen molar-refractivity contribution in [1.82, 2.24) is 28.5 Å². The minimum absolute atomic E-state index is 0. The standard InChI is InChI=1S/C21H23ClN4OS.C13H20N2.C9H7ClN2OS.CH3I.I2.HI/c1-5-26(4)13-23-18-10-15(3)19(11-14(18)2)27-21-24-20(25-28-21)12-16-6-8-17(22)9-7-16;1-6-15(5)9-14-13-8-11(3)10(2)7-12(13)4;10-7-3-1-6(2-4-7)5-8-11-9(13)14-12-8;2*1-2;/h6-11,13H,5,12H2,1-4H3;7-9H,6H2,1-5H3;1-4H,5H2,(H,11,12,13);1H3;;1H. The first kappa shape index (κ1) is 58.1. The Morgan fingerprint density at radius 3 is 1.65 bits per heavy atom. The van der Waals surface area contributed by atoms with Crippen LogP contribution in [0.1, 0.15) is 64.4 Å². The van der Waals surface area contributed by atoms with Crippen LogP contribution in [0.5, 0.6) is 10.9 Å². The summed E-state index contributed by atoms with van der Waals surface area (Å²) in [4.78, 5) is 33.0. The summed E-state index contributed by atoms with van der Waals surface area (Å²) < 4.78 is 14.4. The maximum absolute atomic E-state index is 10.8. The lowest BCUT2D eigenvalue weighted by Gasteiger charge is -2.11. The quantitative estimate of drug-likeness (QED) is 0.0562. The lowest BCUT2D eigenvalue weighted by Crippen LogP contribution is -2.14. The van der Waals surface area contributed by atoms with Crippen LogP contribution < -0.4 is 9.61 Å². The maximum atomic E-state index is 10.8. The summed E-state index contributed by atoms with van der Waals surface area (Å²) in [5.74, 6) is 2.21. The number of ether oxygens (including phenoxy) is 1. The highest BCUT2D eigenvalue weighted by Gasteiger charge is 2.11. The maximum Gasteiger partial charge on any atom is 0.323 e. The summed E-state index contributed by atoms with van der Waals surface area (Å²) in [5, 5.41) is 1.97. The van der Waals surface area contributed by atoms with Gasteiger partial charge in [-0.25, -0.2) is 9.98 Å². The fraction of sp³-hybridized carbons (Fsp3) is 0.318. The van der Waals surface area contributed by atoms with Gasteiger partial charge in [0.15, 0.2) is 5.82 Å². The van der Waals surface area contributed by atoms with Gasteiger partial charge in [-0.15, -0.1) is 24.0 Å². The summed E-state index contributed by atoms with van der Waals surface area (Å²) in [6.45, 7) is 16.5. The van der Waals surface area contributed by atoms with Gasteiger partial charge in [-0.1, -0.05) is 76.1 Å². The van der Waals surface area contributed by atoms with E-state index in [0.717, 1.165) is 74.8 Å². The van der Waals surface area contributed by atoms with Crippen molar-refractivity contribution in [1.29, 1.82) is 0 Å². The summed E-state index contributed by atoms with van der Waals surface area (Å²) in [6, 6.07) is 23.5. The van der Waals surface area contributed by atoms with Gasteiger partial charge in [0.25, 0.3) is 5.19 Å². The number of H-pyrrole nitrogens is 1. The Hall–Kier alpha value is -1.96. The van der Waals surface area contributed by atoms with Gasteiger partial charge in [0.2, 0.25) is 0 Å². The first-order chi connectivity index (χ1) is 29.2. The molecule has 0 saturated heterocycles. The molecule has 2 heterocycles. The third-order valence-corrected chi connectivity index (χ3v) is 10.5. The summed E-state index contributed by atoms with van der Waals surface area (Å²) >= 11 is 20.3. The van der Waals surface area contributed by atoms with Gasteiger partial charge in [-0.2, -0.15) is 13.7 Å². The van der Waals surface area contributed by atoms with Crippen LogP contribution in [-0.2, 0) is 12.8 Å². The molecule has 0 fully saturated rings. The molecule has 0 unspecified atom stereocenters. The van der Waals surface area contributed by atoms with E-state index in [1.165, 1.54) is 28.2 Å². The molecular weight excluding hydrogens is 1320 g/mol. The van der Waals surface area contributed by atoms with Gasteiger partial charge in [0.1, 0.15) is 11.6 Å². The first-order valence-corrected chi connectivity index (χ1v) is 29.7. The number of aliphatic imine (C=N–C) groups is 2. The second kappa shape index (κ2) is 31.8. The molecule has 18 heteroatoms. The zero-order valence-electron chi connectivity index (χ0n) is 36.5. The molecule has 0 spiro atoms. The topological polar surface area (TPSA) is 112 Å². The molecule has 62 heavy (non-hydrogen) atoms. The highest BCUT2D eigenvalue weighted by atomic mass is 128. The van der Waals surface area contributed by atoms with Gasteiger partial charge in [-0.05, 0) is 135 Å². The van der Waals surface area contributed by atoms with Crippen molar-refractivity contribution in [3.05, 3.63) is 143 Å². The monoisotopic (exact) mass is 1370 g/mol. The predicted octanol–water partition coefficient (Wildman–Crippen LogP) is 14.5. The molecule has 0 saturated carbocycles. The third-order valence-electron chi connectivity index (χ3n) is 8.78. The number of nitrogens with zero attached hydrogens (tertiary/aromatic N) is 7. The Morgan fingerprint density at radius 2 is 1.16 bits per heavy atom. The van der Waals surface area contributed by atoms with Crippen molar-refractivity contribution >= 4 is 154 Å². The lowest BCUT2D eigenvalue weighted by atomic mass is 10.1. The molecule has 0 aliphatic rings. The molecule has 336 valence electrons. The molecule has 0 atom stereocenters. The van der Waals surface area contributed by atoms with Crippen molar-refractivity contribution < 1.29 is 4.74 Å². The second-order valence-corrected chi connectivity index (χ2v) is 15.8. The number of benzene rings is 4. The Kier molecular flexibility index (Phi) is 29.8. The number of aryl methyl sites for hydroxylation is 5. The molecule has 0 aliphatic heterocycles. The zero-order valence-corrected chi connectivity index (χ0v) is 48.4. The van der Waals surface area contributed by atoms with E-state index in [2.05, 4.69) is 140 Å². The Balaban J connectivity index is 0.000000480. The molecule has 4 aromatic carbocycles. The molecule has 0 amide bonds. The van der Waals surface area contributed by atoms with E-state index in [0.29, 0.717) is 28.9 Å². The molecule has 0 aliphatic carbocycles. The Morgan fingerprint density at radius 1 is 0.694 bits per heavy atom. The first-order valence-electron chi connectivity index (χ1n) is 19.0. The molecule has 1 N–H and O–H groups in total. The van der Waals surface area contributed by atoms with E-state index in [4.69, 9.17) is 27.9 Å². The average Bonchev–Trinajstić information content (AvgIpc) is 3.89. The van der Waals surface area contributed by atoms with Crippen LogP contribution in [0.15, 0.2) is 87.6 Å². The minimum atomic E-state index is -0.117. The van der Waals surface area contributed by atoms with Gasteiger partial charge < -0.3 is 14.5 Å². The number of hydrogen-bond acceptors (Lipinski definition) is 9. The number of aromatic amines is 1. The number of rotatable bonds is 12. The van der Waals surface area contributed by atoms with E-state index < -0.39 is 0 Å². The fourth-order valence-corrected chi connectivity index (χ4v) is 6.24. The molecule has 0 bridgehead atoms. The van der Waals surface area contributed by atoms with Crippen molar-refractivity contribution in [3.8, 4) is 10.9 Å². The smallest absolute Gasteiger partial charge is 0.323 e. The summed E-state index contributed by atoms with van der Waals surface area (Å²) in [5.41, 5.74) is 10.1. The molecule has 6 rings (SSSR count). The van der Waals surface area contributed by atoms with Crippen molar-refractivity contribution in [3.63, 3.8) is 0 Å². The van der Waals surface area contributed by atoms with Crippen LogP contribution in [0, 0.1) is 34.6 Å². The second-order valence-electron chi connectivity index (χ2n) is 13.5. The number of hydrogen-bond donors (Lipinski definition) is 1. The Bertz CT molecular complexity index is 2320. The number of alkyl halides is 1. The van der Waals surface area contributed by atoms with Crippen LogP contribution in [0.2, 0.25) is 10.0 Å². The third kappa shape index (κ3) is 21.4. The van der Waals surface area contributed by atoms with Crippen molar-refractivity contribution in [2.75, 3.05) is 32.1 Å². The van der Waals surface area contributed by atoms with Crippen molar-refractivity contribution in [2.24, 2.45) is 9.98 Å². The van der Waals surface area contributed by atoms with Crippen molar-refractivity contribution in [2.45, 2.75) is 61.3 Å². The number of aromatic nitrogens is 4. The van der Waals surface area contributed by atoms with E-state index in [-0.39, 0.29) is 28.8 Å². The molecular formula is C44H54Cl2I4N8O2S2. The lowest BCUT2D eigenvalue weighted by molar-refractivity contribution is 0.473. The van der Waals surface area contributed by atoms with E-state index in [1.54, 1.807) is 0 Å². The van der Waals surface area contributed by atoms with E-state index in [9.17, 15) is 4.79 Å². The molecule has 2 aromatic heterocycles. The number of nitrogens with one attached hydrogen (secondary N) is 1. The van der Waals surface area contributed by atoms with Crippen LogP contribution >= 0.6 is 130 Å². The van der Waals surface area contributed by atoms with Gasteiger partial charge in [-0.3, -0.25) is 9.78 Å². The van der Waals surface area contributed by atoms with Crippen LogP contribution in [0.3, 0.4) is 0 Å². The normalized spacial score (nSPS) is 10.2. The van der Waals surface area contributed by atoms with E-state index in [1.807, 2.05) is 111 Å². The van der Waals surface area contributed by atoms with Gasteiger partial charge >= 0.3 is 4.87 Å². The molecule has 6 aromatic rings. The SMILES string of the molecule is CCN(C)C=Nc1cc(C)c(C)cc1C.CCN(C)C=Nc1cc(C)c(Oc2nc(Cc3ccc(Cl)cc3)ns2)cc1C.CI.I.II.O=c1[nH]c(Cc2ccc(Cl)cc2)ns1. The number of halogens is 6. The highest BCUT2D eigenvalue weighted by molar-refractivity contribution is 15.0. The van der Waals surface area contributed by atoms with Gasteiger partial charge in [0.05, 0.1) is 24.1 Å². The van der Waals surface area contributed by atoms with Crippen LogP contribution in [-0.4, -0.2) is 73.3 Å². The Labute approximate surface area is 439 Å². The highest BCUT2D eigenvalue weighted by Crippen LogP contribution is 2.32. The largest absolute Gasteiger partial charge is 0.430 e. The zero-order chi connectivity index (χ0) is 45.5. The average molecular weight is 1370 g/mol. The summed E-state index contributed by atoms with van der Waals surface area (Å²) in [7, 11) is 4.03. The molecule has 10 nitrogen and oxygen atoms in total.